The van der Waals surface area contributed by atoms with Crippen LogP contribution in [0.5, 0.6) is 11.5 Å². The van der Waals surface area contributed by atoms with Crippen molar-refractivity contribution in [1.82, 2.24) is 20.1 Å². The summed E-state index contributed by atoms with van der Waals surface area (Å²) in [5.74, 6) is 2.10. The number of hydrogen-bond acceptors (Lipinski definition) is 9. The zero-order valence-corrected chi connectivity index (χ0v) is 18.7. The highest BCUT2D eigenvalue weighted by Gasteiger charge is 2.33. The zero-order chi connectivity index (χ0) is 22.9. The van der Waals surface area contributed by atoms with E-state index in [-0.39, 0.29) is 24.7 Å². The van der Waals surface area contributed by atoms with Gasteiger partial charge in [-0.25, -0.2) is 8.42 Å². The Bertz CT molecular complexity index is 1180. The molecule has 3 heterocycles. The number of hydrogen-bond donors (Lipinski definition) is 3. The molecule has 1 unspecified atom stereocenters. The maximum atomic E-state index is 13.1. The van der Waals surface area contributed by atoms with Gasteiger partial charge < -0.3 is 24.3 Å². The molecule has 32 heavy (non-hydrogen) atoms. The molecule has 1 aliphatic rings. The minimum Gasteiger partial charge on any atom is -0.494 e. The van der Waals surface area contributed by atoms with Crippen LogP contribution in [-0.4, -0.2) is 67.0 Å². The molecule has 1 aliphatic heterocycles. The van der Waals surface area contributed by atoms with E-state index in [1.807, 2.05) is 0 Å². The van der Waals surface area contributed by atoms with Gasteiger partial charge in [0.25, 0.3) is 0 Å². The second-order valence-corrected chi connectivity index (χ2v) is 9.38. The zero-order valence-electron chi connectivity index (χ0n) is 17.9. The molecule has 4 rings (SSSR count). The van der Waals surface area contributed by atoms with Crippen molar-refractivity contribution >= 4 is 16.0 Å². The van der Waals surface area contributed by atoms with Crippen molar-refractivity contribution in [2.75, 3.05) is 32.0 Å². The van der Waals surface area contributed by atoms with E-state index in [9.17, 15) is 13.5 Å². The number of nitrogens with one attached hydrogen (secondary N) is 2. The first-order valence-electron chi connectivity index (χ1n) is 9.98. The summed E-state index contributed by atoms with van der Waals surface area (Å²) < 4.78 is 47.0. The second kappa shape index (κ2) is 8.81. The smallest absolute Gasteiger partial charge is 0.243 e. The minimum atomic E-state index is -3.91. The largest absolute Gasteiger partial charge is 0.494 e. The average molecular weight is 464 g/mol. The molecule has 11 nitrogen and oxygen atoms in total. The van der Waals surface area contributed by atoms with Crippen LogP contribution in [0.3, 0.4) is 0 Å². The topological polar surface area (TPSA) is 141 Å². The average Bonchev–Trinajstić information content (AvgIpc) is 3.38. The number of para-hydroxylation sites is 1. The first-order chi connectivity index (χ1) is 15.3. The van der Waals surface area contributed by atoms with E-state index >= 15 is 0 Å². The Labute approximate surface area is 185 Å². The molecule has 0 radical (unpaired) electrons. The Morgan fingerprint density at radius 3 is 2.47 bits per heavy atom. The Balaban J connectivity index is 1.86. The van der Waals surface area contributed by atoms with Crippen LogP contribution in [0, 0.1) is 6.92 Å². The molecule has 0 spiro atoms. The quantitative estimate of drug-likeness (QED) is 0.473. The van der Waals surface area contributed by atoms with E-state index in [0.29, 0.717) is 35.3 Å². The monoisotopic (exact) mass is 463 g/mol. The lowest BCUT2D eigenvalue weighted by molar-refractivity contribution is 0.143. The van der Waals surface area contributed by atoms with Crippen LogP contribution in [0.15, 0.2) is 34.7 Å². The van der Waals surface area contributed by atoms with Crippen LogP contribution in [0.4, 0.5) is 5.95 Å². The summed E-state index contributed by atoms with van der Waals surface area (Å²) in [7, 11) is -0.914. The number of sulfonamides is 1. The summed E-state index contributed by atoms with van der Waals surface area (Å²) in [4.78, 5) is 0. The summed E-state index contributed by atoms with van der Waals surface area (Å²) in [6.45, 7) is 2.35. The third kappa shape index (κ3) is 4.16. The highest BCUT2D eigenvalue weighted by atomic mass is 32.2. The van der Waals surface area contributed by atoms with Gasteiger partial charge in [-0.3, -0.25) is 9.29 Å². The van der Waals surface area contributed by atoms with Crippen molar-refractivity contribution in [1.29, 1.82) is 0 Å². The van der Waals surface area contributed by atoms with Crippen LogP contribution in [0.1, 0.15) is 12.2 Å². The number of rotatable bonds is 7. The third-order valence-electron chi connectivity index (χ3n) is 5.21. The van der Waals surface area contributed by atoms with Gasteiger partial charge in [0, 0.05) is 13.1 Å². The number of ether oxygens (including phenoxy) is 2. The lowest BCUT2D eigenvalue weighted by atomic mass is 10.1. The number of methoxy groups -OCH3 is 2. The number of β-amino-alcohol motifs (C(OH)–C–C–N with tert-alkyl or cyclic N) is 1. The molecule has 3 N–H and O–H groups in total. The summed E-state index contributed by atoms with van der Waals surface area (Å²) in [5.41, 5.74) is 0.408. The molecule has 2 aromatic heterocycles. The van der Waals surface area contributed by atoms with Crippen LogP contribution in [0.2, 0.25) is 0 Å². The van der Waals surface area contributed by atoms with Crippen molar-refractivity contribution in [2.45, 2.75) is 24.7 Å². The van der Waals surface area contributed by atoms with Crippen molar-refractivity contribution in [3.63, 3.8) is 0 Å². The molecule has 0 amide bonds. The third-order valence-corrected chi connectivity index (χ3v) is 6.91. The molecule has 172 valence electrons. The number of aliphatic hydroxyl groups excluding tert-OH is 1. The first kappa shape index (κ1) is 22.1. The molecule has 3 aromatic rings. The van der Waals surface area contributed by atoms with E-state index in [1.54, 1.807) is 37.3 Å². The van der Waals surface area contributed by atoms with Gasteiger partial charge >= 0.3 is 0 Å². The van der Waals surface area contributed by atoms with Crippen LogP contribution in [0.25, 0.3) is 17.3 Å². The number of aromatic nitrogens is 3. The molecule has 1 saturated heterocycles. The number of anilines is 1. The fourth-order valence-corrected chi connectivity index (χ4v) is 5.02. The van der Waals surface area contributed by atoms with Gasteiger partial charge in [-0.2, -0.15) is 0 Å². The van der Waals surface area contributed by atoms with Crippen LogP contribution in [-0.2, 0) is 10.0 Å². The number of benzene rings is 1. The minimum absolute atomic E-state index is 0.0584. The van der Waals surface area contributed by atoms with Crippen LogP contribution >= 0.6 is 0 Å². The Morgan fingerprint density at radius 2 is 1.88 bits per heavy atom. The van der Waals surface area contributed by atoms with Crippen molar-refractivity contribution in [3.8, 4) is 28.8 Å². The molecule has 0 saturated carbocycles. The predicted octanol–water partition coefficient (Wildman–Crippen LogP) is 1.32. The maximum absolute atomic E-state index is 13.1. The van der Waals surface area contributed by atoms with E-state index < -0.39 is 21.4 Å². The molecule has 12 heteroatoms. The molecule has 0 aliphatic carbocycles. The summed E-state index contributed by atoms with van der Waals surface area (Å²) in [6, 6.07) is 8.68. The SMILES string of the molecule is COc1cccc(OC)c1-n1c(NS(=O)(=O)C2CNC[C@@H](O)C2)nnc1-c1ccc(C)o1. The molecule has 1 fully saturated rings. The van der Waals surface area contributed by atoms with E-state index in [0.717, 1.165) is 0 Å². The van der Waals surface area contributed by atoms with Gasteiger partial charge in [-0.05, 0) is 37.6 Å². The molecular formula is C20H25N5O6S. The highest BCUT2D eigenvalue weighted by Crippen LogP contribution is 2.38. The maximum Gasteiger partial charge on any atom is 0.243 e. The van der Waals surface area contributed by atoms with Gasteiger partial charge in [0.2, 0.25) is 21.8 Å². The van der Waals surface area contributed by atoms with Gasteiger partial charge in [-0.1, -0.05) is 6.07 Å². The molecule has 1 aromatic carbocycles. The summed E-state index contributed by atoms with van der Waals surface area (Å²) in [5, 5.41) is 20.3. The fraction of sp³-hybridized carbons (Fsp3) is 0.400. The first-order valence-corrected chi connectivity index (χ1v) is 11.5. The fourth-order valence-electron chi connectivity index (χ4n) is 3.66. The number of aliphatic hydroxyl groups is 1. The number of aryl methyl sites for hydroxylation is 1. The van der Waals surface area contributed by atoms with Gasteiger partial charge in [0.1, 0.15) is 22.9 Å². The summed E-state index contributed by atoms with van der Waals surface area (Å²) in [6.07, 6.45) is -0.641. The number of nitrogens with zero attached hydrogens (tertiary/aromatic N) is 3. The van der Waals surface area contributed by atoms with Gasteiger partial charge in [0.05, 0.1) is 25.6 Å². The van der Waals surface area contributed by atoms with Crippen molar-refractivity contribution in [3.05, 3.63) is 36.1 Å². The van der Waals surface area contributed by atoms with Gasteiger partial charge in [0.15, 0.2) is 5.76 Å². The molecule has 0 bridgehead atoms. The lowest BCUT2D eigenvalue weighted by Crippen LogP contribution is -2.47. The van der Waals surface area contributed by atoms with Crippen LogP contribution < -0.4 is 19.5 Å². The molecular weight excluding hydrogens is 438 g/mol. The Kier molecular flexibility index (Phi) is 6.09. The standard InChI is InChI=1S/C20H25N5O6S/c1-12-7-8-17(31-12)19-22-23-20(24-32(27,28)14-9-13(26)10-21-11-14)25(19)18-15(29-2)5-4-6-16(18)30-3/h4-8,13-14,21,26H,9-11H2,1-3H3,(H,23,24)/t13-,14?/m0/s1. The normalized spacial score (nSPS) is 19.0. The molecule has 2 atom stereocenters. The van der Waals surface area contributed by atoms with E-state index in [1.165, 1.54) is 18.8 Å². The van der Waals surface area contributed by atoms with E-state index in [2.05, 4.69) is 20.2 Å². The van der Waals surface area contributed by atoms with Crippen molar-refractivity contribution in [2.24, 2.45) is 0 Å². The van der Waals surface area contributed by atoms with Crippen molar-refractivity contribution < 1.29 is 27.4 Å². The predicted molar refractivity (Wildman–Crippen MR) is 117 cm³/mol. The second-order valence-electron chi connectivity index (χ2n) is 7.42. The number of piperidine rings is 1. The Hall–Kier alpha value is -3.09. The highest BCUT2D eigenvalue weighted by molar-refractivity contribution is 7.93. The summed E-state index contributed by atoms with van der Waals surface area (Å²) >= 11 is 0. The Morgan fingerprint density at radius 1 is 1.16 bits per heavy atom. The number of furan rings is 1. The van der Waals surface area contributed by atoms with E-state index in [4.69, 9.17) is 13.9 Å². The van der Waals surface area contributed by atoms with Gasteiger partial charge in [-0.15, -0.1) is 10.2 Å². The lowest BCUT2D eigenvalue weighted by Gasteiger charge is -2.27.